The SMILES string of the molecule is O=C[C@@H]1CN(C(=O)Oc2ccc(Cl)c3cccnc23)CCN1C(=O)[C@@H](CC1CCCCC1)NC1CCCCC1. The Morgan fingerprint density at radius 3 is 2.54 bits per heavy atom. The number of benzene rings is 1. The molecule has 9 heteroatoms. The second-order valence-corrected chi connectivity index (χ2v) is 11.7. The number of amides is 2. The Kier molecular flexibility index (Phi) is 9.35. The fourth-order valence-electron chi connectivity index (χ4n) is 6.47. The molecule has 8 nitrogen and oxygen atoms in total. The molecule has 1 aromatic heterocycles. The number of aldehydes is 1. The van der Waals surface area contributed by atoms with Crippen molar-refractivity contribution in [3.8, 4) is 5.75 Å². The topological polar surface area (TPSA) is 91.8 Å². The number of halogens is 1. The van der Waals surface area contributed by atoms with Crippen molar-refractivity contribution >= 4 is 40.8 Å². The minimum Gasteiger partial charge on any atom is -0.408 e. The lowest BCUT2D eigenvalue weighted by Crippen LogP contribution is -2.61. The average molecular weight is 555 g/mol. The maximum Gasteiger partial charge on any atom is 0.415 e. The number of rotatable bonds is 7. The van der Waals surface area contributed by atoms with Crippen LogP contribution in [0.25, 0.3) is 10.9 Å². The number of piperazine rings is 1. The molecule has 2 heterocycles. The Morgan fingerprint density at radius 1 is 1.05 bits per heavy atom. The van der Waals surface area contributed by atoms with Crippen LogP contribution in [0.5, 0.6) is 5.75 Å². The van der Waals surface area contributed by atoms with Gasteiger partial charge in [-0.3, -0.25) is 9.78 Å². The fraction of sp³-hybridized carbons (Fsp3) is 0.600. The molecule has 39 heavy (non-hydrogen) atoms. The number of hydrogen-bond acceptors (Lipinski definition) is 6. The number of aromatic nitrogens is 1. The first-order valence-electron chi connectivity index (χ1n) is 14.6. The quantitative estimate of drug-likeness (QED) is 0.463. The number of carbonyl (C=O) groups excluding carboxylic acids is 3. The van der Waals surface area contributed by atoms with Gasteiger partial charge in [0.1, 0.15) is 17.8 Å². The summed E-state index contributed by atoms with van der Waals surface area (Å²) in [5.74, 6) is 0.840. The molecule has 0 bridgehead atoms. The van der Waals surface area contributed by atoms with Crippen LogP contribution >= 0.6 is 11.6 Å². The summed E-state index contributed by atoms with van der Waals surface area (Å²) >= 11 is 6.27. The summed E-state index contributed by atoms with van der Waals surface area (Å²) < 4.78 is 5.69. The van der Waals surface area contributed by atoms with Crippen molar-refractivity contribution in [1.29, 1.82) is 0 Å². The van der Waals surface area contributed by atoms with Crippen LogP contribution in [0.15, 0.2) is 30.5 Å². The minimum absolute atomic E-state index is 0.0100. The number of nitrogens with zero attached hydrogens (tertiary/aromatic N) is 3. The van der Waals surface area contributed by atoms with Crippen LogP contribution in [-0.2, 0) is 9.59 Å². The molecule has 5 rings (SSSR count). The Hall–Kier alpha value is -2.71. The van der Waals surface area contributed by atoms with Gasteiger partial charge in [0, 0.05) is 30.7 Å². The molecule has 1 N–H and O–H groups in total. The first-order valence-corrected chi connectivity index (χ1v) is 14.9. The van der Waals surface area contributed by atoms with Crippen molar-refractivity contribution < 1.29 is 19.1 Å². The van der Waals surface area contributed by atoms with Crippen LogP contribution in [0.1, 0.15) is 70.6 Å². The second kappa shape index (κ2) is 13.1. The van der Waals surface area contributed by atoms with Gasteiger partial charge in [-0.1, -0.05) is 63.0 Å². The van der Waals surface area contributed by atoms with Gasteiger partial charge in [-0.15, -0.1) is 0 Å². The van der Waals surface area contributed by atoms with E-state index in [0.717, 1.165) is 25.5 Å². The fourth-order valence-corrected chi connectivity index (χ4v) is 6.68. The number of hydrogen-bond donors (Lipinski definition) is 1. The zero-order valence-corrected chi connectivity index (χ0v) is 23.3. The molecule has 2 aliphatic carbocycles. The molecule has 3 aliphatic rings. The van der Waals surface area contributed by atoms with Crippen molar-refractivity contribution in [2.75, 3.05) is 19.6 Å². The van der Waals surface area contributed by atoms with E-state index in [9.17, 15) is 14.4 Å². The molecule has 1 aliphatic heterocycles. The van der Waals surface area contributed by atoms with Crippen LogP contribution < -0.4 is 10.1 Å². The van der Waals surface area contributed by atoms with E-state index in [1.165, 1.54) is 56.3 Å². The molecule has 2 amide bonds. The Labute approximate surface area is 235 Å². The smallest absolute Gasteiger partial charge is 0.408 e. The van der Waals surface area contributed by atoms with Crippen LogP contribution in [0, 0.1) is 5.92 Å². The van der Waals surface area contributed by atoms with E-state index in [1.807, 2.05) is 6.07 Å². The van der Waals surface area contributed by atoms with Crippen molar-refractivity contribution in [1.82, 2.24) is 20.1 Å². The standard InChI is InChI=1S/C30H39ClN4O4/c31-25-13-14-27(28-24(25)12-7-15-32-28)39-30(38)34-16-17-35(23(19-34)20-36)29(37)26(18-21-8-3-1-4-9-21)33-22-10-5-2-6-11-22/h7,12-15,20-23,26,33H,1-6,8-11,16-19H2/t23-,26+/m0/s1. The highest BCUT2D eigenvalue weighted by Gasteiger charge is 2.37. The molecular formula is C30H39ClN4O4. The van der Waals surface area contributed by atoms with Crippen LogP contribution in [0.3, 0.4) is 0 Å². The number of carbonyl (C=O) groups is 3. The lowest BCUT2D eigenvalue weighted by Gasteiger charge is -2.41. The van der Waals surface area contributed by atoms with Gasteiger partial charge in [-0.2, -0.15) is 0 Å². The van der Waals surface area contributed by atoms with Crippen LogP contribution in [0.4, 0.5) is 4.79 Å². The summed E-state index contributed by atoms with van der Waals surface area (Å²) in [5, 5.41) is 4.92. The summed E-state index contributed by atoms with van der Waals surface area (Å²) in [6, 6.07) is 6.24. The zero-order chi connectivity index (χ0) is 27.2. The Bertz CT molecular complexity index is 1140. The molecule has 3 fully saturated rings. The minimum atomic E-state index is -0.708. The highest BCUT2D eigenvalue weighted by molar-refractivity contribution is 6.35. The van der Waals surface area contributed by atoms with Gasteiger partial charge in [-0.05, 0) is 49.4 Å². The molecule has 1 saturated heterocycles. The highest BCUT2D eigenvalue weighted by Crippen LogP contribution is 2.31. The molecular weight excluding hydrogens is 516 g/mol. The monoisotopic (exact) mass is 554 g/mol. The van der Waals surface area contributed by atoms with Gasteiger partial charge in [0.2, 0.25) is 5.91 Å². The van der Waals surface area contributed by atoms with Crippen molar-refractivity contribution in [3.05, 3.63) is 35.5 Å². The van der Waals surface area contributed by atoms with E-state index in [4.69, 9.17) is 16.3 Å². The Balaban J connectivity index is 1.26. The normalized spacial score (nSPS) is 22.0. The molecule has 210 valence electrons. The van der Waals surface area contributed by atoms with Crippen LogP contribution in [0.2, 0.25) is 5.02 Å². The third kappa shape index (κ3) is 6.72. The van der Waals surface area contributed by atoms with Gasteiger partial charge in [0.25, 0.3) is 0 Å². The van der Waals surface area contributed by atoms with E-state index in [0.29, 0.717) is 46.7 Å². The summed E-state index contributed by atoms with van der Waals surface area (Å²) in [6.45, 7) is 0.699. The largest absolute Gasteiger partial charge is 0.415 e. The van der Waals surface area contributed by atoms with E-state index in [-0.39, 0.29) is 18.5 Å². The third-order valence-electron chi connectivity index (χ3n) is 8.63. The molecule has 0 unspecified atom stereocenters. The number of fused-ring (bicyclic) bond motifs is 1. The predicted molar refractivity (Wildman–Crippen MR) is 151 cm³/mol. The molecule has 0 spiro atoms. The summed E-state index contributed by atoms with van der Waals surface area (Å²) in [5.41, 5.74) is 0.499. The van der Waals surface area contributed by atoms with Crippen LogP contribution in [-0.4, -0.2) is 70.8 Å². The molecule has 1 aromatic carbocycles. The van der Waals surface area contributed by atoms with Crippen molar-refractivity contribution in [2.24, 2.45) is 5.92 Å². The van der Waals surface area contributed by atoms with Gasteiger partial charge in [0.15, 0.2) is 5.75 Å². The van der Waals surface area contributed by atoms with E-state index in [2.05, 4.69) is 10.3 Å². The summed E-state index contributed by atoms with van der Waals surface area (Å²) in [6.07, 6.45) is 14.6. The summed E-state index contributed by atoms with van der Waals surface area (Å²) in [4.78, 5) is 46.7. The zero-order valence-electron chi connectivity index (χ0n) is 22.5. The highest BCUT2D eigenvalue weighted by atomic mass is 35.5. The van der Waals surface area contributed by atoms with Gasteiger partial charge in [-0.25, -0.2) is 4.79 Å². The van der Waals surface area contributed by atoms with E-state index < -0.39 is 12.1 Å². The van der Waals surface area contributed by atoms with Crippen molar-refractivity contribution in [2.45, 2.75) is 88.8 Å². The molecule has 2 aromatic rings. The third-order valence-corrected chi connectivity index (χ3v) is 8.96. The lowest BCUT2D eigenvalue weighted by atomic mass is 9.84. The van der Waals surface area contributed by atoms with Gasteiger partial charge >= 0.3 is 6.09 Å². The first kappa shape index (κ1) is 27.8. The number of ether oxygens (including phenoxy) is 1. The maximum absolute atomic E-state index is 13.9. The van der Waals surface area contributed by atoms with Crippen molar-refractivity contribution in [3.63, 3.8) is 0 Å². The molecule has 2 atom stereocenters. The Morgan fingerprint density at radius 2 is 1.79 bits per heavy atom. The molecule has 0 radical (unpaired) electrons. The maximum atomic E-state index is 13.9. The number of pyridine rings is 1. The molecule has 2 saturated carbocycles. The lowest BCUT2D eigenvalue weighted by molar-refractivity contribution is -0.141. The van der Waals surface area contributed by atoms with E-state index in [1.54, 1.807) is 29.3 Å². The van der Waals surface area contributed by atoms with E-state index >= 15 is 0 Å². The number of nitrogens with one attached hydrogen (secondary N) is 1. The summed E-state index contributed by atoms with van der Waals surface area (Å²) in [7, 11) is 0. The van der Waals surface area contributed by atoms with Gasteiger partial charge < -0.3 is 24.6 Å². The second-order valence-electron chi connectivity index (χ2n) is 11.3. The average Bonchev–Trinajstić information content (AvgIpc) is 2.98. The first-order chi connectivity index (χ1) is 19.0. The van der Waals surface area contributed by atoms with Gasteiger partial charge in [0.05, 0.1) is 17.6 Å². The predicted octanol–water partition coefficient (Wildman–Crippen LogP) is 5.36.